The number of hydrogen-bond donors (Lipinski definition) is 0. The minimum Gasteiger partial charge on any atom is -0.312 e. The number of benzene rings is 1. The SMILES string of the molecule is CC(=O)N1CC[C]c2cc(C(C)C)ccc21. The molecular formula is C14H17NO. The van der Waals surface area contributed by atoms with Gasteiger partial charge in [0.2, 0.25) is 5.91 Å². The van der Waals surface area contributed by atoms with Gasteiger partial charge in [-0.15, -0.1) is 0 Å². The van der Waals surface area contributed by atoms with E-state index >= 15 is 0 Å². The van der Waals surface area contributed by atoms with Crippen molar-refractivity contribution in [2.45, 2.75) is 33.1 Å². The van der Waals surface area contributed by atoms with Crippen molar-refractivity contribution in [3.8, 4) is 0 Å². The number of anilines is 1. The van der Waals surface area contributed by atoms with Crippen LogP contribution in [0, 0.1) is 6.42 Å². The molecule has 0 unspecified atom stereocenters. The zero-order valence-corrected chi connectivity index (χ0v) is 10.1. The summed E-state index contributed by atoms with van der Waals surface area (Å²) >= 11 is 0. The van der Waals surface area contributed by atoms with Crippen LogP contribution in [0.2, 0.25) is 0 Å². The van der Waals surface area contributed by atoms with Gasteiger partial charge in [0, 0.05) is 25.6 Å². The molecule has 2 nitrogen and oxygen atoms in total. The van der Waals surface area contributed by atoms with Crippen molar-refractivity contribution >= 4 is 11.6 Å². The summed E-state index contributed by atoms with van der Waals surface area (Å²) in [4.78, 5) is 13.3. The maximum Gasteiger partial charge on any atom is 0.223 e. The van der Waals surface area contributed by atoms with Crippen LogP contribution in [0.15, 0.2) is 18.2 Å². The lowest BCUT2D eigenvalue weighted by Crippen LogP contribution is -2.33. The summed E-state index contributed by atoms with van der Waals surface area (Å²) in [6, 6.07) is 6.29. The monoisotopic (exact) mass is 215 g/mol. The molecule has 0 aromatic heterocycles. The molecule has 2 rings (SSSR count). The summed E-state index contributed by atoms with van der Waals surface area (Å²) in [5, 5.41) is 0. The van der Waals surface area contributed by atoms with Crippen LogP contribution in [0.4, 0.5) is 5.69 Å². The molecule has 1 amide bonds. The fourth-order valence-corrected chi connectivity index (χ4v) is 2.04. The summed E-state index contributed by atoms with van der Waals surface area (Å²) in [6.07, 6.45) is 4.18. The zero-order chi connectivity index (χ0) is 11.7. The second kappa shape index (κ2) is 4.28. The maximum atomic E-state index is 11.5. The highest BCUT2D eigenvalue weighted by atomic mass is 16.2. The standard InChI is InChI=1S/C14H17NO/c1-10(2)12-6-7-14-13(9-12)5-4-8-15(14)11(3)16/h6-7,9-10H,4,8H2,1-3H3. The van der Waals surface area contributed by atoms with Gasteiger partial charge in [-0.2, -0.15) is 0 Å². The quantitative estimate of drug-likeness (QED) is 0.705. The average Bonchev–Trinajstić information content (AvgIpc) is 2.27. The lowest BCUT2D eigenvalue weighted by atomic mass is 9.95. The van der Waals surface area contributed by atoms with Crippen LogP contribution in [0.25, 0.3) is 0 Å². The van der Waals surface area contributed by atoms with E-state index in [2.05, 4.69) is 32.4 Å². The number of nitrogens with zero attached hydrogens (tertiary/aromatic N) is 1. The molecule has 0 spiro atoms. The second-order valence-corrected chi connectivity index (χ2v) is 4.53. The highest BCUT2D eigenvalue weighted by molar-refractivity contribution is 5.93. The minimum absolute atomic E-state index is 0.111. The smallest absolute Gasteiger partial charge is 0.223 e. The molecule has 0 aliphatic carbocycles. The van der Waals surface area contributed by atoms with E-state index in [0.29, 0.717) is 5.92 Å². The predicted molar refractivity (Wildman–Crippen MR) is 65.5 cm³/mol. The molecule has 1 aliphatic heterocycles. The molecular weight excluding hydrogens is 198 g/mol. The average molecular weight is 215 g/mol. The van der Waals surface area contributed by atoms with Crippen molar-refractivity contribution in [3.63, 3.8) is 0 Å². The minimum atomic E-state index is 0.111. The Kier molecular flexibility index (Phi) is 2.99. The van der Waals surface area contributed by atoms with Crippen molar-refractivity contribution in [2.24, 2.45) is 0 Å². The van der Waals surface area contributed by atoms with Gasteiger partial charge in [0.05, 0.1) is 0 Å². The first-order chi connectivity index (χ1) is 7.59. The lowest BCUT2D eigenvalue weighted by molar-refractivity contribution is -0.116. The first kappa shape index (κ1) is 11.2. The van der Waals surface area contributed by atoms with E-state index in [1.54, 1.807) is 6.92 Å². The summed E-state index contributed by atoms with van der Waals surface area (Å²) in [5.74, 6) is 0.625. The van der Waals surface area contributed by atoms with E-state index in [-0.39, 0.29) is 5.91 Å². The van der Waals surface area contributed by atoms with E-state index in [0.717, 1.165) is 24.2 Å². The summed E-state index contributed by atoms with van der Waals surface area (Å²) < 4.78 is 0. The molecule has 16 heavy (non-hydrogen) atoms. The van der Waals surface area contributed by atoms with Gasteiger partial charge in [-0.1, -0.05) is 26.0 Å². The largest absolute Gasteiger partial charge is 0.312 e. The molecule has 0 bridgehead atoms. The van der Waals surface area contributed by atoms with E-state index < -0.39 is 0 Å². The third-order valence-corrected chi connectivity index (χ3v) is 3.01. The zero-order valence-electron chi connectivity index (χ0n) is 10.1. The molecule has 84 valence electrons. The Morgan fingerprint density at radius 3 is 2.81 bits per heavy atom. The molecule has 0 fully saturated rings. The Hall–Kier alpha value is -1.31. The number of carbonyl (C=O) groups is 1. The van der Waals surface area contributed by atoms with Crippen molar-refractivity contribution in [2.75, 3.05) is 11.4 Å². The normalized spacial score (nSPS) is 15.1. The third-order valence-electron chi connectivity index (χ3n) is 3.01. The van der Waals surface area contributed by atoms with Crippen LogP contribution in [0.1, 0.15) is 44.2 Å². The number of carbonyl (C=O) groups excluding carboxylic acids is 1. The van der Waals surface area contributed by atoms with Gasteiger partial charge >= 0.3 is 0 Å². The highest BCUT2D eigenvalue weighted by Crippen LogP contribution is 2.31. The first-order valence-corrected chi connectivity index (χ1v) is 5.75. The number of amides is 1. The Morgan fingerprint density at radius 2 is 2.19 bits per heavy atom. The predicted octanol–water partition coefficient (Wildman–Crippen LogP) is 3.00. The molecule has 1 heterocycles. The van der Waals surface area contributed by atoms with Crippen molar-refractivity contribution in [3.05, 3.63) is 35.7 Å². The Morgan fingerprint density at radius 1 is 1.44 bits per heavy atom. The molecule has 0 saturated carbocycles. The fourth-order valence-electron chi connectivity index (χ4n) is 2.04. The molecule has 2 radical (unpaired) electrons. The third kappa shape index (κ3) is 1.97. The van der Waals surface area contributed by atoms with E-state index in [1.807, 2.05) is 11.0 Å². The molecule has 1 aromatic rings. The van der Waals surface area contributed by atoms with E-state index in [1.165, 1.54) is 5.56 Å². The Balaban J connectivity index is 2.40. The molecule has 1 aromatic carbocycles. The fraction of sp³-hybridized carbons (Fsp3) is 0.429. The second-order valence-electron chi connectivity index (χ2n) is 4.53. The van der Waals surface area contributed by atoms with Crippen molar-refractivity contribution in [1.82, 2.24) is 0 Å². The van der Waals surface area contributed by atoms with Crippen molar-refractivity contribution < 1.29 is 4.79 Å². The Labute approximate surface area is 97.3 Å². The molecule has 0 atom stereocenters. The van der Waals surface area contributed by atoms with Crippen LogP contribution < -0.4 is 4.90 Å². The molecule has 0 N–H and O–H groups in total. The van der Waals surface area contributed by atoms with Crippen LogP contribution in [0.3, 0.4) is 0 Å². The summed E-state index contributed by atoms with van der Waals surface area (Å²) in [6.45, 7) is 6.72. The highest BCUT2D eigenvalue weighted by Gasteiger charge is 2.20. The number of rotatable bonds is 1. The topological polar surface area (TPSA) is 20.3 Å². The number of hydrogen-bond acceptors (Lipinski definition) is 1. The first-order valence-electron chi connectivity index (χ1n) is 5.75. The van der Waals surface area contributed by atoms with Gasteiger partial charge in [0.1, 0.15) is 0 Å². The van der Waals surface area contributed by atoms with Gasteiger partial charge < -0.3 is 4.90 Å². The van der Waals surface area contributed by atoms with Crippen molar-refractivity contribution in [1.29, 1.82) is 0 Å². The Bertz CT molecular complexity index is 409. The van der Waals surface area contributed by atoms with E-state index in [4.69, 9.17) is 0 Å². The van der Waals surface area contributed by atoms with Gasteiger partial charge in [0.15, 0.2) is 0 Å². The maximum absolute atomic E-state index is 11.5. The summed E-state index contributed by atoms with van der Waals surface area (Å²) in [5.41, 5.74) is 3.38. The van der Waals surface area contributed by atoms with Crippen LogP contribution >= 0.6 is 0 Å². The number of fused-ring (bicyclic) bond motifs is 1. The molecule has 2 heteroatoms. The molecule has 1 aliphatic rings. The summed E-state index contributed by atoms with van der Waals surface area (Å²) in [7, 11) is 0. The van der Waals surface area contributed by atoms with Gasteiger partial charge in [-0.05, 0) is 29.5 Å². The lowest BCUT2D eigenvalue weighted by Gasteiger charge is -2.28. The van der Waals surface area contributed by atoms with Crippen LogP contribution in [-0.2, 0) is 4.79 Å². The van der Waals surface area contributed by atoms with Gasteiger partial charge in [0.25, 0.3) is 0 Å². The van der Waals surface area contributed by atoms with E-state index in [9.17, 15) is 4.79 Å². The molecule has 0 saturated heterocycles. The van der Waals surface area contributed by atoms with Gasteiger partial charge in [-0.3, -0.25) is 4.79 Å². The van der Waals surface area contributed by atoms with Gasteiger partial charge in [-0.25, -0.2) is 0 Å². The van der Waals surface area contributed by atoms with Crippen LogP contribution in [0.5, 0.6) is 0 Å². The van der Waals surface area contributed by atoms with Crippen LogP contribution in [-0.4, -0.2) is 12.5 Å².